The number of ether oxygens (including phenoxy) is 1. The van der Waals surface area contributed by atoms with Gasteiger partial charge >= 0.3 is 0 Å². The Balaban J connectivity index is 1.96. The van der Waals surface area contributed by atoms with E-state index < -0.39 is 0 Å². The highest BCUT2D eigenvalue weighted by Gasteiger charge is 2.28. The predicted molar refractivity (Wildman–Crippen MR) is 81.6 cm³/mol. The minimum absolute atomic E-state index is 0.0771. The van der Waals surface area contributed by atoms with E-state index in [0.717, 1.165) is 44.6 Å². The van der Waals surface area contributed by atoms with Crippen molar-refractivity contribution in [2.24, 2.45) is 0 Å². The van der Waals surface area contributed by atoms with Crippen LogP contribution < -0.4 is 4.74 Å². The summed E-state index contributed by atoms with van der Waals surface area (Å²) >= 11 is 5.92. The molecule has 0 N–H and O–H groups in total. The molecule has 0 aromatic heterocycles. The van der Waals surface area contributed by atoms with E-state index >= 15 is 0 Å². The van der Waals surface area contributed by atoms with Crippen LogP contribution in [0.1, 0.15) is 43.0 Å². The number of rotatable bonds is 6. The Morgan fingerprint density at radius 3 is 2.80 bits per heavy atom. The number of halogens is 1. The Kier molecular flexibility index (Phi) is 5.72. The Morgan fingerprint density at radius 1 is 1.40 bits per heavy atom. The normalized spacial score (nSPS) is 18.3. The molecule has 1 aromatic rings. The number of likely N-dealkylation sites (tertiary alicyclic amines) is 1. The van der Waals surface area contributed by atoms with Crippen molar-refractivity contribution in [2.45, 2.75) is 38.6 Å². The number of benzene rings is 1. The van der Waals surface area contributed by atoms with Crippen LogP contribution >= 0.6 is 11.6 Å². The molecule has 1 heterocycles. The second-order valence-corrected chi connectivity index (χ2v) is 5.48. The molecule has 0 radical (unpaired) electrons. The van der Waals surface area contributed by atoms with E-state index in [2.05, 4.69) is 6.92 Å². The number of alkyl halides is 1. The molecule has 110 valence electrons. The first-order valence-electron chi connectivity index (χ1n) is 7.36. The highest BCUT2D eigenvalue weighted by molar-refractivity contribution is 6.18. The summed E-state index contributed by atoms with van der Waals surface area (Å²) in [6.45, 7) is 3.67. The standard InChI is InChI=1S/C16H22ClNO2/c1-2-3-11-20-15-8-6-13(7-9-15)16(19)18-10-4-5-14(18)12-17/h6-9,14H,2-5,10-12H2,1H3. The zero-order chi connectivity index (χ0) is 14.4. The zero-order valence-electron chi connectivity index (χ0n) is 12.0. The van der Waals surface area contributed by atoms with Gasteiger partial charge in [-0.25, -0.2) is 0 Å². The van der Waals surface area contributed by atoms with Crippen LogP contribution in [0, 0.1) is 0 Å². The quantitative estimate of drug-likeness (QED) is 0.591. The minimum atomic E-state index is 0.0771. The summed E-state index contributed by atoms with van der Waals surface area (Å²) in [5, 5.41) is 0. The molecule has 2 rings (SSSR count). The molecule has 0 spiro atoms. The maximum absolute atomic E-state index is 12.4. The molecule has 3 nitrogen and oxygen atoms in total. The second-order valence-electron chi connectivity index (χ2n) is 5.18. The molecule has 0 saturated carbocycles. The molecule has 1 aliphatic rings. The highest BCUT2D eigenvalue weighted by atomic mass is 35.5. The molecule has 20 heavy (non-hydrogen) atoms. The molecule has 1 aromatic carbocycles. The molecule has 1 atom stereocenters. The smallest absolute Gasteiger partial charge is 0.254 e. The van der Waals surface area contributed by atoms with Gasteiger partial charge in [0.05, 0.1) is 6.61 Å². The average Bonchev–Trinajstić information content (AvgIpc) is 2.96. The predicted octanol–water partition coefficient (Wildman–Crippen LogP) is 3.71. The largest absolute Gasteiger partial charge is 0.494 e. The van der Waals surface area contributed by atoms with Gasteiger partial charge in [0.15, 0.2) is 0 Å². The zero-order valence-corrected chi connectivity index (χ0v) is 12.7. The lowest BCUT2D eigenvalue weighted by molar-refractivity contribution is 0.0749. The fourth-order valence-electron chi connectivity index (χ4n) is 2.46. The fourth-order valence-corrected chi connectivity index (χ4v) is 2.78. The topological polar surface area (TPSA) is 29.5 Å². The summed E-state index contributed by atoms with van der Waals surface area (Å²) in [4.78, 5) is 14.3. The van der Waals surface area contributed by atoms with Crippen molar-refractivity contribution in [3.63, 3.8) is 0 Å². The number of nitrogens with zero attached hydrogens (tertiary/aromatic N) is 1. The molecule has 0 aliphatic carbocycles. The van der Waals surface area contributed by atoms with Gasteiger partial charge in [-0.3, -0.25) is 4.79 Å². The van der Waals surface area contributed by atoms with E-state index in [-0.39, 0.29) is 11.9 Å². The Labute approximate surface area is 125 Å². The van der Waals surface area contributed by atoms with Crippen molar-refractivity contribution in [3.8, 4) is 5.75 Å². The lowest BCUT2D eigenvalue weighted by atomic mass is 10.1. The number of carbonyl (C=O) groups excluding carboxylic acids is 1. The van der Waals surface area contributed by atoms with Crippen LogP contribution in [-0.4, -0.2) is 35.9 Å². The van der Waals surface area contributed by atoms with Gasteiger partial charge in [-0.05, 0) is 43.5 Å². The van der Waals surface area contributed by atoms with Gasteiger partial charge in [0, 0.05) is 24.0 Å². The Morgan fingerprint density at radius 2 is 2.15 bits per heavy atom. The third-order valence-electron chi connectivity index (χ3n) is 3.68. The number of hydrogen-bond donors (Lipinski definition) is 0. The molecular weight excluding hydrogens is 274 g/mol. The van der Waals surface area contributed by atoms with E-state index in [1.54, 1.807) is 0 Å². The maximum atomic E-state index is 12.4. The third kappa shape index (κ3) is 3.66. The molecule has 1 amide bonds. The number of hydrogen-bond acceptors (Lipinski definition) is 2. The molecule has 1 aliphatic heterocycles. The van der Waals surface area contributed by atoms with Crippen LogP contribution in [0.5, 0.6) is 5.75 Å². The van der Waals surface area contributed by atoms with Crippen molar-refractivity contribution in [1.29, 1.82) is 0 Å². The monoisotopic (exact) mass is 295 g/mol. The van der Waals surface area contributed by atoms with Gasteiger partial charge in [-0.1, -0.05) is 13.3 Å². The molecule has 4 heteroatoms. The number of amides is 1. The Bertz CT molecular complexity index is 433. The first-order valence-corrected chi connectivity index (χ1v) is 7.89. The first-order chi connectivity index (χ1) is 9.76. The van der Waals surface area contributed by atoms with Crippen LogP contribution in [0.15, 0.2) is 24.3 Å². The van der Waals surface area contributed by atoms with Crippen molar-refractivity contribution >= 4 is 17.5 Å². The molecule has 0 bridgehead atoms. The van der Waals surface area contributed by atoms with Crippen LogP contribution in [0.4, 0.5) is 0 Å². The van der Waals surface area contributed by atoms with E-state index in [1.165, 1.54) is 0 Å². The van der Waals surface area contributed by atoms with Crippen LogP contribution in [0.25, 0.3) is 0 Å². The fraction of sp³-hybridized carbons (Fsp3) is 0.562. The van der Waals surface area contributed by atoms with E-state index in [1.807, 2.05) is 29.2 Å². The SMILES string of the molecule is CCCCOc1ccc(C(=O)N2CCCC2CCl)cc1. The van der Waals surface area contributed by atoms with Crippen molar-refractivity contribution in [2.75, 3.05) is 19.0 Å². The van der Waals surface area contributed by atoms with Gasteiger partial charge in [0.25, 0.3) is 5.91 Å². The summed E-state index contributed by atoms with van der Waals surface area (Å²) in [6, 6.07) is 7.61. The van der Waals surface area contributed by atoms with Gasteiger partial charge < -0.3 is 9.64 Å². The molecule has 1 fully saturated rings. The summed E-state index contributed by atoms with van der Waals surface area (Å²) in [5.41, 5.74) is 0.713. The minimum Gasteiger partial charge on any atom is -0.494 e. The van der Waals surface area contributed by atoms with E-state index in [4.69, 9.17) is 16.3 Å². The van der Waals surface area contributed by atoms with Crippen molar-refractivity contribution < 1.29 is 9.53 Å². The second kappa shape index (κ2) is 7.53. The average molecular weight is 296 g/mol. The highest BCUT2D eigenvalue weighted by Crippen LogP contribution is 2.22. The third-order valence-corrected chi connectivity index (χ3v) is 4.04. The Hall–Kier alpha value is -1.22. The summed E-state index contributed by atoms with van der Waals surface area (Å²) in [7, 11) is 0. The molecule has 1 saturated heterocycles. The first kappa shape index (κ1) is 15.2. The van der Waals surface area contributed by atoms with E-state index in [9.17, 15) is 4.79 Å². The van der Waals surface area contributed by atoms with Gasteiger partial charge in [0.2, 0.25) is 0 Å². The summed E-state index contributed by atoms with van der Waals surface area (Å²) < 4.78 is 5.60. The van der Waals surface area contributed by atoms with Crippen molar-refractivity contribution in [1.82, 2.24) is 4.90 Å². The van der Waals surface area contributed by atoms with Crippen LogP contribution in [0.3, 0.4) is 0 Å². The van der Waals surface area contributed by atoms with Gasteiger partial charge in [0.1, 0.15) is 5.75 Å². The van der Waals surface area contributed by atoms with E-state index in [0.29, 0.717) is 11.4 Å². The number of unbranched alkanes of at least 4 members (excludes halogenated alkanes) is 1. The lowest BCUT2D eigenvalue weighted by Crippen LogP contribution is -2.36. The molecule has 1 unspecified atom stereocenters. The maximum Gasteiger partial charge on any atom is 0.254 e. The number of carbonyl (C=O) groups is 1. The van der Waals surface area contributed by atoms with Crippen molar-refractivity contribution in [3.05, 3.63) is 29.8 Å². The van der Waals surface area contributed by atoms with Crippen LogP contribution in [-0.2, 0) is 0 Å². The molecular formula is C16H22ClNO2. The van der Waals surface area contributed by atoms with Gasteiger partial charge in [-0.15, -0.1) is 11.6 Å². The summed E-state index contributed by atoms with van der Waals surface area (Å²) in [5.74, 6) is 1.42. The summed E-state index contributed by atoms with van der Waals surface area (Å²) in [6.07, 6.45) is 4.21. The van der Waals surface area contributed by atoms with Gasteiger partial charge in [-0.2, -0.15) is 0 Å². The van der Waals surface area contributed by atoms with Crippen LogP contribution in [0.2, 0.25) is 0 Å². The lowest BCUT2D eigenvalue weighted by Gasteiger charge is -2.23.